The highest BCUT2D eigenvalue weighted by molar-refractivity contribution is 7.09. The van der Waals surface area contributed by atoms with Gasteiger partial charge in [0, 0.05) is 23.6 Å². The summed E-state index contributed by atoms with van der Waals surface area (Å²) in [4.78, 5) is 29.5. The molecule has 0 unspecified atom stereocenters. The number of aromatic nitrogens is 1. The standard InChI is InChI=1S/C23H24ClN3O3S/c1-5-7-20-21(16-9-8-14(3)15(4)12-16)26(6-2)23(31-20)25-22(28)18-13-17(27(29)30)10-11-19(18)24/h8-13H,5-7H2,1-4H3. The molecule has 0 fully saturated rings. The minimum atomic E-state index is -0.591. The second-order valence-corrected chi connectivity index (χ2v) is 8.76. The van der Waals surface area contributed by atoms with Crippen LogP contribution in [-0.2, 0) is 13.0 Å². The van der Waals surface area contributed by atoms with E-state index in [2.05, 4.69) is 44.0 Å². The summed E-state index contributed by atoms with van der Waals surface area (Å²) in [6, 6.07) is 10.2. The van der Waals surface area contributed by atoms with Gasteiger partial charge in [-0.15, -0.1) is 11.3 Å². The maximum Gasteiger partial charge on any atom is 0.281 e. The van der Waals surface area contributed by atoms with Crippen molar-refractivity contribution in [2.75, 3.05) is 0 Å². The van der Waals surface area contributed by atoms with Crippen LogP contribution >= 0.6 is 22.9 Å². The molecule has 0 atom stereocenters. The monoisotopic (exact) mass is 457 g/mol. The van der Waals surface area contributed by atoms with Gasteiger partial charge in [-0.25, -0.2) is 0 Å². The van der Waals surface area contributed by atoms with E-state index in [-0.39, 0.29) is 16.3 Å². The lowest BCUT2D eigenvalue weighted by molar-refractivity contribution is -0.384. The molecule has 0 aliphatic heterocycles. The van der Waals surface area contributed by atoms with Gasteiger partial charge < -0.3 is 4.57 Å². The number of non-ortho nitro benzene ring substituents is 1. The SMILES string of the molecule is CCCc1sc(=NC(=O)c2cc([N+](=O)[O-])ccc2Cl)n(CC)c1-c1ccc(C)c(C)c1. The van der Waals surface area contributed by atoms with E-state index in [0.717, 1.165) is 29.0 Å². The predicted octanol–water partition coefficient (Wildman–Crippen LogP) is 6.11. The number of nitro groups is 1. The number of amides is 1. The highest BCUT2D eigenvalue weighted by Crippen LogP contribution is 2.29. The first kappa shape index (κ1) is 22.9. The summed E-state index contributed by atoms with van der Waals surface area (Å²) < 4.78 is 2.03. The van der Waals surface area contributed by atoms with Crippen LogP contribution in [-0.4, -0.2) is 15.4 Å². The number of nitro benzene ring substituents is 1. The summed E-state index contributed by atoms with van der Waals surface area (Å²) in [7, 11) is 0. The number of nitrogens with zero attached hydrogens (tertiary/aromatic N) is 3. The van der Waals surface area contributed by atoms with E-state index in [1.807, 2.05) is 11.5 Å². The molecular weight excluding hydrogens is 434 g/mol. The van der Waals surface area contributed by atoms with E-state index < -0.39 is 10.8 Å². The lowest BCUT2D eigenvalue weighted by Crippen LogP contribution is -2.17. The first-order valence-electron chi connectivity index (χ1n) is 10.1. The molecule has 0 spiro atoms. The Hall–Kier alpha value is -2.77. The van der Waals surface area contributed by atoms with Gasteiger partial charge in [0.15, 0.2) is 4.80 Å². The number of rotatable bonds is 6. The second-order valence-electron chi connectivity index (χ2n) is 7.29. The van der Waals surface area contributed by atoms with Crippen molar-refractivity contribution in [3.05, 3.63) is 77.9 Å². The third kappa shape index (κ3) is 4.78. The van der Waals surface area contributed by atoms with Crippen LogP contribution in [0.1, 0.15) is 46.6 Å². The molecule has 0 bridgehead atoms. The van der Waals surface area contributed by atoms with Gasteiger partial charge in [0.1, 0.15) is 0 Å². The third-order valence-corrected chi connectivity index (χ3v) is 6.61. The zero-order valence-electron chi connectivity index (χ0n) is 17.9. The Bertz CT molecular complexity index is 1230. The summed E-state index contributed by atoms with van der Waals surface area (Å²) in [5.41, 5.74) is 4.41. The number of carbonyl (C=O) groups excluding carboxylic acids is 1. The molecule has 162 valence electrons. The van der Waals surface area contributed by atoms with Gasteiger partial charge in [-0.3, -0.25) is 14.9 Å². The Morgan fingerprint density at radius 1 is 1.16 bits per heavy atom. The van der Waals surface area contributed by atoms with Crippen molar-refractivity contribution >= 4 is 34.5 Å². The lowest BCUT2D eigenvalue weighted by atomic mass is 10.0. The number of hydrogen-bond acceptors (Lipinski definition) is 4. The van der Waals surface area contributed by atoms with Crippen LogP contribution in [0.5, 0.6) is 0 Å². The lowest BCUT2D eigenvalue weighted by Gasteiger charge is -2.11. The average molecular weight is 458 g/mol. The molecule has 0 aliphatic carbocycles. The first-order chi connectivity index (χ1) is 14.8. The maximum atomic E-state index is 12.9. The zero-order valence-corrected chi connectivity index (χ0v) is 19.5. The Kier molecular flexibility index (Phi) is 7.08. The minimum Gasteiger partial charge on any atom is -0.316 e. The average Bonchev–Trinajstić information content (AvgIpc) is 3.07. The maximum absolute atomic E-state index is 12.9. The molecule has 0 aliphatic rings. The van der Waals surface area contributed by atoms with Crippen molar-refractivity contribution in [3.63, 3.8) is 0 Å². The predicted molar refractivity (Wildman–Crippen MR) is 125 cm³/mol. The van der Waals surface area contributed by atoms with E-state index in [1.165, 1.54) is 40.7 Å². The Morgan fingerprint density at radius 3 is 2.52 bits per heavy atom. The Morgan fingerprint density at radius 2 is 1.90 bits per heavy atom. The molecule has 0 saturated heterocycles. The number of thiazole rings is 1. The highest BCUT2D eigenvalue weighted by Gasteiger charge is 2.18. The molecule has 3 aromatic rings. The number of aryl methyl sites for hydroxylation is 3. The van der Waals surface area contributed by atoms with E-state index in [4.69, 9.17) is 11.6 Å². The number of hydrogen-bond donors (Lipinski definition) is 0. The Balaban J connectivity index is 2.19. The fraction of sp³-hybridized carbons (Fsp3) is 0.304. The molecule has 1 amide bonds. The summed E-state index contributed by atoms with van der Waals surface area (Å²) in [5.74, 6) is -0.591. The van der Waals surface area contributed by atoms with Crippen LogP contribution < -0.4 is 4.80 Å². The van der Waals surface area contributed by atoms with Gasteiger partial charge in [-0.05, 0) is 56.0 Å². The topological polar surface area (TPSA) is 77.5 Å². The largest absolute Gasteiger partial charge is 0.316 e. The van der Waals surface area contributed by atoms with Crippen LogP contribution in [0.4, 0.5) is 5.69 Å². The van der Waals surface area contributed by atoms with Gasteiger partial charge in [-0.2, -0.15) is 4.99 Å². The molecule has 0 N–H and O–H groups in total. The van der Waals surface area contributed by atoms with Gasteiger partial charge in [0.2, 0.25) is 0 Å². The molecule has 0 saturated carbocycles. The van der Waals surface area contributed by atoms with Crippen LogP contribution in [0.25, 0.3) is 11.3 Å². The fourth-order valence-corrected chi connectivity index (χ4v) is 4.89. The van der Waals surface area contributed by atoms with Crippen molar-refractivity contribution in [1.82, 2.24) is 4.57 Å². The summed E-state index contributed by atoms with van der Waals surface area (Å²) in [6.07, 6.45) is 1.83. The van der Waals surface area contributed by atoms with Gasteiger partial charge in [0.05, 0.1) is 21.2 Å². The van der Waals surface area contributed by atoms with Gasteiger partial charge >= 0.3 is 0 Å². The second kappa shape index (κ2) is 9.58. The van der Waals surface area contributed by atoms with Gasteiger partial charge in [-0.1, -0.05) is 37.1 Å². The molecule has 6 nitrogen and oxygen atoms in total. The van der Waals surface area contributed by atoms with E-state index in [0.29, 0.717) is 11.3 Å². The molecule has 1 aromatic heterocycles. The summed E-state index contributed by atoms with van der Waals surface area (Å²) in [6.45, 7) is 8.93. The van der Waals surface area contributed by atoms with Crippen molar-refractivity contribution in [2.45, 2.75) is 47.1 Å². The molecule has 8 heteroatoms. The number of carbonyl (C=O) groups is 1. The molecule has 2 aromatic carbocycles. The summed E-state index contributed by atoms with van der Waals surface area (Å²) in [5, 5.41) is 11.2. The number of halogens is 1. The van der Waals surface area contributed by atoms with Crippen molar-refractivity contribution in [2.24, 2.45) is 4.99 Å². The van der Waals surface area contributed by atoms with Crippen LogP contribution in [0, 0.1) is 24.0 Å². The van der Waals surface area contributed by atoms with Gasteiger partial charge in [0.25, 0.3) is 11.6 Å². The first-order valence-corrected chi connectivity index (χ1v) is 11.3. The molecule has 3 rings (SSSR count). The van der Waals surface area contributed by atoms with Crippen molar-refractivity contribution in [3.8, 4) is 11.3 Å². The third-order valence-electron chi connectivity index (χ3n) is 5.14. The van der Waals surface area contributed by atoms with Crippen LogP contribution in [0.2, 0.25) is 5.02 Å². The molecule has 0 radical (unpaired) electrons. The Labute approximate surface area is 190 Å². The van der Waals surface area contributed by atoms with E-state index in [9.17, 15) is 14.9 Å². The molecule has 31 heavy (non-hydrogen) atoms. The zero-order chi connectivity index (χ0) is 22.7. The molecule has 1 heterocycles. The fourth-order valence-electron chi connectivity index (χ4n) is 3.38. The van der Waals surface area contributed by atoms with Crippen molar-refractivity contribution < 1.29 is 9.72 Å². The molecular formula is C23H24ClN3O3S. The highest BCUT2D eigenvalue weighted by atomic mass is 35.5. The smallest absolute Gasteiger partial charge is 0.281 e. The van der Waals surface area contributed by atoms with E-state index >= 15 is 0 Å². The van der Waals surface area contributed by atoms with Crippen LogP contribution in [0.3, 0.4) is 0 Å². The summed E-state index contributed by atoms with van der Waals surface area (Å²) >= 11 is 7.62. The minimum absolute atomic E-state index is 0.0247. The van der Waals surface area contributed by atoms with Crippen molar-refractivity contribution in [1.29, 1.82) is 0 Å². The number of benzene rings is 2. The van der Waals surface area contributed by atoms with E-state index in [1.54, 1.807) is 0 Å². The quantitative estimate of drug-likeness (QED) is 0.331. The normalized spacial score (nSPS) is 11.7. The van der Waals surface area contributed by atoms with Crippen LogP contribution in [0.15, 0.2) is 41.4 Å².